The van der Waals surface area contributed by atoms with E-state index in [9.17, 15) is 22.0 Å². The second-order valence-electron chi connectivity index (χ2n) is 8.37. The molecule has 1 aromatic heterocycles. The molecule has 174 valence electrons. The Morgan fingerprint density at radius 2 is 1.84 bits per heavy atom. The molecule has 6 nitrogen and oxygen atoms in total. The Morgan fingerprint density at radius 1 is 1.06 bits per heavy atom. The van der Waals surface area contributed by atoms with Crippen LogP contribution in [0.15, 0.2) is 34.5 Å². The molecule has 2 aliphatic rings. The fourth-order valence-electron chi connectivity index (χ4n) is 4.22. The molecule has 2 aromatic rings. The van der Waals surface area contributed by atoms with E-state index in [0.717, 1.165) is 43.1 Å². The van der Waals surface area contributed by atoms with Crippen LogP contribution in [-0.2, 0) is 21.2 Å². The second kappa shape index (κ2) is 9.84. The molecule has 32 heavy (non-hydrogen) atoms. The van der Waals surface area contributed by atoms with Gasteiger partial charge in [0.1, 0.15) is 4.21 Å². The van der Waals surface area contributed by atoms with Crippen molar-refractivity contribution >= 4 is 33.0 Å². The van der Waals surface area contributed by atoms with Crippen molar-refractivity contribution in [2.45, 2.75) is 36.3 Å². The third-order valence-corrected chi connectivity index (χ3v) is 9.47. The molecular formula is C22H27F2N3O3S2. The number of carbonyl (C=O) groups is 1. The number of hydrogen-bond donors (Lipinski definition) is 1. The van der Waals surface area contributed by atoms with Gasteiger partial charge in [0.05, 0.1) is 6.42 Å². The van der Waals surface area contributed by atoms with Crippen molar-refractivity contribution in [2.24, 2.45) is 5.92 Å². The number of amides is 1. The molecule has 0 bridgehead atoms. The molecule has 0 spiro atoms. The number of anilines is 1. The third-order valence-electron chi connectivity index (χ3n) is 6.02. The molecule has 2 fully saturated rings. The van der Waals surface area contributed by atoms with Crippen LogP contribution in [-0.4, -0.2) is 51.4 Å². The van der Waals surface area contributed by atoms with Crippen molar-refractivity contribution in [3.8, 4) is 0 Å². The van der Waals surface area contributed by atoms with Crippen LogP contribution >= 0.6 is 11.3 Å². The number of nitrogens with zero attached hydrogens (tertiary/aromatic N) is 2. The van der Waals surface area contributed by atoms with E-state index in [1.54, 1.807) is 18.2 Å². The standard InChI is InChI=1S/C22H27F2N3O3S2/c23-19-6-4-17(12-20(19)24)26-11-8-16(15-26)14-25-21(28)13-18-5-7-22(31-18)32(29,30)27-9-2-1-3-10-27/h4-7,12,16H,1-3,8-11,13-15H2,(H,25,28). The predicted molar refractivity (Wildman–Crippen MR) is 120 cm³/mol. The van der Waals surface area contributed by atoms with E-state index in [-0.39, 0.29) is 18.2 Å². The van der Waals surface area contributed by atoms with Gasteiger partial charge in [-0.3, -0.25) is 4.79 Å². The number of nitrogens with one attached hydrogen (secondary N) is 1. The zero-order valence-corrected chi connectivity index (χ0v) is 19.4. The maximum absolute atomic E-state index is 13.5. The molecule has 3 heterocycles. The molecule has 0 saturated carbocycles. The molecule has 10 heteroatoms. The minimum absolute atomic E-state index is 0.139. The van der Waals surface area contributed by atoms with Crippen LogP contribution in [0.3, 0.4) is 0 Å². The first-order chi connectivity index (χ1) is 15.3. The fourth-order valence-corrected chi connectivity index (χ4v) is 7.24. The number of sulfonamides is 1. The Labute approximate surface area is 191 Å². The van der Waals surface area contributed by atoms with E-state index in [0.29, 0.717) is 47.5 Å². The predicted octanol–water partition coefficient (Wildman–Crippen LogP) is 3.39. The van der Waals surface area contributed by atoms with Crippen molar-refractivity contribution in [1.82, 2.24) is 9.62 Å². The lowest BCUT2D eigenvalue weighted by molar-refractivity contribution is -0.120. The number of halogens is 2. The van der Waals surface area contributed by atoms with E-state index in [1.165, 1.54) is 10.4 Å². The Hall–Kier alpha value is -2.04. The van der Waals surface area contributed by atoms with Crippen LogP contribution in [0, 0.1) is 17.6 Å². The molecular weight excluding hydrogens is 456 g/mol. The fraction of sp³-hybridized carbons (Fsp3) is 0.500. The number of hydrogen-bond acceptors (Lipinski definition) is 5. The van der Waals surface area contributed by atoms with Gasteiger partial charge in [-0.2, -0.15) is 4.31 Å². The molecule has 2 saturated heterocycles. The molecule has 0 radical (unpaired) electrons. The number of benzene rings is 1. The van der Waals surface area contributed by atoms with Gasteiger partial charge in [0.15, 0.2) is 11.6 Å². The molecule has 2 aliphatic heterocycles. The average Bonchev–Trinajstić information content (AvgIpc) is 3.45. The summed E-state index contributed by atoms with van der Waals surface area (Å²) in [6.07, 6.45) is 3.81. The Kier molecular flexibility index (Phi) is 7.11. The highest BCUT2D eigenvalue weighted by atomic mass is 32.2. The number of thiophene rings is 1. The van der Waals surface area contributed by atoms with Crippen molar-refractivity contribution in [2.75, 3.05) is 37.6 Å². The van der Waals surface area contributed by atoms with Gasteiger partial charge in [0.25, 0.3) is 10.0 Å². The summed E-state index contributed by atoms with van der Waals surface area (Å²) in [6, 6.07) is 7.18. The highest BCUT2D eigenvalue weighted by Crippen LogP contribution is 2.28. The highest BCUT2D eigenvalue weighted by molar-refractivity contribution is 7.91. The molecule has 1 amide bonds. The van der Waals surface area contributed by atoms with Crippen molar-refractivity contribution in [3.63, 3.8) is 0 Å². The lowest BCUT2D eigenvalue weighted by Gasteiger charge is -2.25. The van der Waals surface area contributed by atoms with Gasteiger partial charge in [0.2, 0.25) is 5.91 Å². The molecule has 0 aliphatic carbocycles. The zero-order valence-electron chi connectivity index (χ0n) is 17.7. The summed E-state index contributed by atoms with van der Waals surface area (Å²) in [5, 5.41) is 2.92. The topological polar surface area (TPSA) is 69.7 Å². The lowest BCUT2D eigenvalue weighted by Crippen LogP contribution is -2.35. The lowest BCUT2D eigenvalue weighted by atomic mass is 10.1. The first-order valence-electron chi connectivity index (χ1n) is 10.9. The molecule has 1 aromatic carbocycles. The zero-order chi connectivity index (χ0) is 22.7. The largest absolute Gasteiger partial charge is 0.371 e. The van der Waals surface area contributed by atoms with Gasteiger partial charge < -0.3 is 10.2 Å². The van der Waals surface area contributed by atoms with E-state index >= 15 is 0 Å². The minimum Gasteiger partial charge on any atom is -0.371 e. The number of carbonyl (C=O) groups excluding carboxylic acids is 1. The first kappa shape index (κ1) is 23.1. The monoisotopic (exact) mass is 483 g/mol. The van der Waals surface area contributed by atoms with E-state index in [2.05, 4.69) is 5.32 Å². The van der Waals surface area contributed by atoms with E-state index in [1.807, 2.05) is 4.90 Å². The second-order valence-corrected chi connectivity index (χ2v) is 11.7. The summed E-state index contributed by atoms with van der Waals surface area (Å²) in [6.45, 7) is 2.97. The van der Waals surface area contributed by atoms with Crippen LogP contribution in [0.4, 0.5) is 14.5 Å². The summed E-state index contributed by atoms with van der Waals surface area (Å²) in [5.41, 5.74) is 0.638. The Bertz CT molecular complexity index is 1070. The quantitative estimate of drug-likeness (QED) is 0.656. The maximum atomic E-state index is 13.5. The van der Waals surface area contributed by atoms with Gasteiger partial charge in [-0.25, -0.2) is 17.2 Å². The van der Waals surface area contributed by atoms with Crippen molar-refractivity contribution in [3.05, 3.63) is 46.8 Å². The first-order valence-corrected chi connectivity index (χ1v) is 13.1. The molecule has 1 N–H and O–H groups in total. The minimum atomic E-state index is -3.48. The van der Waals surface area contributed by atoms with Gasteiger partial charge >= 0.3 is 0 Å². The molecule has 4 rings (SSSR count). The van der Waals surface area contributed by atoms with Gasteiger partial charge in [-0.1, -0.05) is 6.42 Å². The van der Waals surface area contributed by atoms with Gasteiger partial charge in [-0.05, 0) is 49.4 Å². The van der Waals surface area contributed by atoms with Crippen LogP contribution < -0.4 is 10.2 Å². The van der Waals surface area contributed by atoms with Crippen LogP contribution in [0.5, 0.6) is 0 Å². The van der Waals surface area contributed by atoms with Crippen LogP contribution in [0.25, 0.3) is 0 Å². The normalized spacial score (nSPS) is 19.9. The van der Waals surface area contributed by atoms with Crippen LogP contribution in [0.1, 0.15) is 30.6 Å². The summed E-state index contributed by atoms with van der Waals surface area (Å²) < 4.78 is 54.0. The number of rotatable bonds is 7. The Balaban J connectivity index is 1.26. The van der Waals surface area contributed by atoms with E-state index < -0.39 is 21.7 Å². The summed E-state index contributed by atoms with van der Waals surface area (Å²) in [7, 11) is -3.48. The molecule has 1 unspecified atom stereocenters. The third kappa shape index (κ3) is 5.29. The molecule has 1 atom stereocenters. The summed E-state index contributed by atoms with van der Waals surface area (Å²) in [5.74, 6) is -1.67. The van der Waals surface area contributed by atoms with E-state index in [4.69, 9.17) is 0 Å². The smallest absolute Gasteiger partial charge is 0.252 e. The summed E-state index contributed by atoms with van der Waals surface area (Å²) >= 11 is 1.16. The van der Waals surface area contributed by atoms with Gasteiger partial charge in [-0.15, -0.1) is 11.3 Å². The number of piperidine rings is 1. The SMILES string of the molecule is O=C(Cc1ccc(S(=O)(=O)N2CCCCC2)s1)NCC1CCN(c2ccc(F)c(F)c2)C1. The van der Waals surface area contributed by atoms with Crippen molar-refractivity contribution in [1.29, 1.82) is 0 Å². The van der Waals surface area contributed by atoms with Gasteiger partial charge in [0, 0.05) is 49.4 Å². The highest BCUT2D eigenvalue weighted by Gasteiger charge is 2.28. The van der Waals surface area contributed by atoms with Crippen molar-refractivity contribution < 1.29 is 22.0 Å². The maximum Gasteiger partial charge on any atom is 0.252 e. The summed E-state index contributed by atoms with van der Waals surface area (Å²) in [4.78, 5) is 15.1. The Morgan fingerprint density at radius 3 is 2.59 bits per heavy atom. The van der Waals surface area contributed by atoms with Crippen LogP contribution in [0.2, 0.25) is 0 Å². The average molecular weight is 484 g/mol.